The average Bonchev–Trinajstić information content (AvgIpc) is 2.83. The van der Waals surface area contributed by atoms with Crippen LogP contribution in [0.5, 0.6) is 5.75 Å². The summed E-state index contributed by atoms with van der Waals surface area (Å²) in [5, 5.41) is 0. The maximum Gasteiger partial charge on any atom is 0.360 e. The second kappa shape index (κ2) is 5.09. The van der Waals surface area contributed by atoms with Crippen molar-refractivity contribution in [2.75, 3.05) is 6.61 Å². The third kappa shape index (κ3) is 1.93. The molecule has 1 aliphatic rings. The lowest BCUT2D eigenvalue weighted by Crippen LogP contribution is -2.41. The van der Waals surface area contributed by atoms with E-state index in [0.717, 1.165) is 11.1 Å². The Morgan fingerprint density at radius 3 is 2.48 bits per heavy atom. The molecule has 21 heavy (non-hydrogen) atoms. The van der Waals surface area contributed by atoms with E-state index >= 15 is 0 Å². The zero-order chi connectivity index (χ0) is 14.9. The van der Waals surface area contributed by atoms with E-state index in [0.29, 0.717) is 17.9 Å². The van der Waals surface area contributed by atoms with E-state index in [1.54, 1.807) is 6.92 Å². The van der Waals surface area contributed by atoms with Gasteiger partial charge in [0.15, 0.2) is 0 Å². The topological polar surface area (TPSA) is 35.5 Å². The summed E-state index contributed by atoms with van der Waals surface area (Å²) < 4.78 is 11.3. The molecule has 0 aromatic heterocycles. The fourth-order valence-corrected chi connectivity index (χ4v) is 2.64. The molecule has 2 aromatic rings. The first kappa shape index (κ1) is 13.4. The summed E-state index contributed by atoms with van der Waals surface area (Å²) in [5.74, 6) is 0.219. The molecule has 0 bridgehead atoms. The molecule has 3 rings (SSSR count). The monoisotopic (exact) mass is 280 g/mol. The molecule has 0 radical (unpaired) electrons. The molecule has 0 amide bonds. The molecule has 0 fully saturated rings. The molecule has 1 atom stereocenters. The number of fused-ring (bicyclic) bond motifs is 1. The third-order valence-electron chi connectivity index (χ3n) is 3.64. The van der Waals surface area contributed by atoms with Crippen molar-refractivity contribution in [3.63, 3.8) is 0 Å². The molecule has 1 unspecified atom stereocenters. The van der Waals surface area contributed by atoms with Crippen LogP contribution < -0.4 is 4.74 Å². The number of hydrogen-bond donors (Lipinski definition) is 0. The van der Waals surface area contributed by atoms with Gasteiger partial charge in [-0.2, -0.15) is 0 Å². The van der Waals surface area contributed by atoms with Gasteiger partial charge in [0.25, 0.3) is 5.60 Å². The number of rotatable bonds is 3. The lowest BCUT2D eigenvalue weighted by molar-refractivity contribution is -0.156. The van der Waals surface area contributed by atoms with Gasteiger partial charge >= 0.3 is 5.97 Å². The number of carbonyl (C=O) groups excluding carboxylic acids is 1. The Morgan fingerprint density at radius 1 is 1.14 bits per heavy atom. The van der Waals surface area contributed by atoms with Crippen molar-refractivity contribution < 1.29 is 14.3 Å². The Labute approximate surface area is 123 Å². The molecule has 2 aromatic carbocycles. The second-order valence-corrected chi connectivity index (χ2v) is 4.84. The van der Waals surface area contributed by atoms with Gasteiger partial charge in [-0.1, -0.05) is 55.1 Å². The van der Waals surface area contributed by atoms with Gasteiger partial charge in [0, 0.05) is 16.7 Å². The highest BCUT2D eigenvalue weighted by Gasteiger charge is 2.52. The zero-order valence-corrected chi connectivity index (χ0v) is 11.8. The van der Waals surface area contributed by atoms with Crippen LogP contribution in [0.25, 0.3) is 5.57 Å². The molecule has 1 aliphatic heterocycles. The molecule has 3 nitrogen and oxygen atoms in total. The van der Waals surface area contributed by atoms with E-state index in [1.165, 1.54) is 0 Å². The number of carbonyl (C=O) groups is 1. The summed E-state index contributed by atoms with van der Waals surface area (Å²) in [7, 11) is 0. The fourth-order valence-electron chi connectivity index (χ4n) is 2.64. The van der Waals surface area contributed by atoms with Gasteiger partial charge in [-0.25, -0.2) is 4.79 Å². The van der Waals surface area contributed by atoms with Crippen LogP contribution in [0.15, 0.2) is 61.2 Å². The maximum atomic E-state index is 12.6. The molecule has 0 N–H and O–H groups in total. The average molecular weight is 280 g/mol. The molecular weight excluding hydrogens is 264 g/mol. The van der Waals surface area contributed by atoms with E-state index in [4.69, 9.17) is 9.47 Å². The highest BCUT2D eigenvalue weighted by molar-refractivity contribution is 6.00. The van der Waals surface area contributed by atoms with Crippen LogP contribution in [-0.2, 0) is 15.1 Å². The van der Waals surface area contributed by atoms with Gasteiger partial charge in [-0.3, -0.25) is 0 Å². The lowest BCUT2D eigenvalue weighted by Gasteiger charge is -2.28. The number of benzene rings is 2. The molecule has 0 saturated carbocycles. The first-order valence-electron chi connectivity index (χ1n) is 6.90. The van der Waals surface area contributed by atoms with Gasteiger partial charge in [-0.15, -0.1) is 0 Å². The minimum absolute atomic E-state index is 0.292. The van der Waals surface area contributed by atoms with E-state index < -0.39 is 11.6 Å². The Bertz CT molecular complexity index is 691. The number of hydrogen-bond acceptors (Lipinski definition) is 3. The highest BCUT2D eigenvalue weighted by Crippen LogP contribution is 2.49. The van der Waals surface area contributed by atoms with Gasteiger partial charge < -0.3 is 9.47 Å². The van der Waals surface area contributed by atoms with Crippen molar-refractivity contribution in [1.82, 2.24) is 0 Å². The summed E-state index contributed by atoms with van der Waals surface area (Å²) in [6.07, 6.45) is 0. The predicted molar refractivity (Wildman–Crippen MR) is 80.9 cm³/mol. The largest absolute Gasteiger partial charge is 0.465 e. The Balaban J connectivity index is 2.17. The normalized spacial score (nSPS) is 19.8. The molecule has 0 saturated heterocycles. The Kier molecular flexibility index (Phi) is 3.26. The van der Waals surface area contributed by atoms with Crippen LogP contribution in [0.2, 0.25) is 0 Å². The lowest BCUT2D eigenvalue weighted by atomic mass is 9.85. The van der Waals surface area contributed by atoms with Crippen molar-refractivity contribution >= 4 is 11.5 Å². The van der Waals surface area contributed by atoms with Gasteiger partial charge in [-0.05, 0) is 13.0 Å². The smallest absolute Gasteiger partial charge is 0.360 e. The van der Waals surface area contributed by atoms with Crippen LogP contribution in [0.1, 0.15) is 18.1 Å². The third-order valence-corrected chi connectivity index (χ3v) is 3.64. The van der Waals surface area contributed by atoms with E-state index in [2.05, 4.69) is 6.58 Å². The minimum atomic E-state index is -1.29. The fraction of sp³-hybridized carbons (Fsp3) is 0.167. The summed E-state index contributed by atoms with van der Waals surface area (Å²) >= 11 is 0. The SMILES string of the molecule is C=C1c2ccccc2OC1(C(=O)OCC)c1ccccc1. The standard InChI is InChI=1S/C18H16O3/c1-3-20-17(19)18(14-9-5-4-6-10-14)13(2)15-11-7-8-12-16(15)21-18/h4-12H,2-3H2,1H3. The van der Waals surface area contributed by atoms with Crippen molar-refractivity contribution in [3.05, 3.63) is 72.3 Å². The van der Waals surface area contributed by atoms with E-state index in [9.17, 15) is 4.79 Å². The summed E-state index contributed by atoms with van der Waals surface area (Å²) in [4.78, 5) is 12.6. The zero-order valence-electron chi connectivity index (χ0n) is 11.8. The number of ether oxygens (including phenoxy) is 2. The minimum Gasteiger partial charge on any atom is -0.465 e. The number of esters is 1. The summed E-state index contributed by atoms with van der Waals surface area (Å²) in [6, 6.07) is 16.9. The molecule has 3 heteroatoms. The Hall–Kier alpha value is -2.55. The van der Waals surface area contributed by atoms with Gasteiger partial charge in [0.05, 0.1) is 6.61 Å². The van der Waals surface area contributed by atoms with E-state index in [1.807, 2.05) is 54.6 Å². The van der Waals surface area contributed by atoms with Gasteiger partial charge in [0.1, 0.15) is 5.75 Å². The van der Waals surface area contributed by atoms with Crippen molar-refractivity contribution in [1.29, 1.82) is 0 Å². The van der Waals surface area contributed by atoms with Crippen LogP contribution >= 0.6 is 0 Å². The Morgan fingerprint density at radius 2 is 1.81 bits per heavy atom. The summed E-state index contributed by atoms with van der Waals surface area (Å²) in [6.45, 7) is 6.17. The van der Waals surface area contributed by atoms with Crippen LogP contribution in [0.3, 0.4) is 0 Å². The molecule has 0 aliphatic carbocycles. The first-order valence-corrected chi connectivity index (χ1v) is 6.90. The predicted octanol–water partition coefficient (Wildman–Crippen LogP) is 3.55. The second-order valence-electron chi connectivity index (χ2n) is 4.84. The van der Waals surface area contributed by atoms with Crippen molar-refractivity contribution in [2.45, 2.75) is 12.5 Å². The molecule has 1 heterocycles. The summed E-state index contributed by atoms with van der Waals surface area (Å²) in [5.41, 5.74) is 0.892. The van der Waals surface area contributed by atoms with Crippen LogP contribution in [-0.4, -0.2) is 12.6 Å². The first-order chi connectivity index (χ1) is 10.2. The van der Waals surface area contributed by atoms with E-state index in [-0.39, 0.29) is 0 Å². The maximum absolute atomic E-state index is 12.6. The molecular formula is C18H16O3. The molecule has 106 valence electrons. The highest BCUT2D eigenvalue weighted by atomic mass is 16.6. The molecule has 0 spiro atoms. The number of para-hydroxylation sites is 1. The van der Waals surface area contributed by atoms with Gasteiger partial charge in [0.2, 0.25) is 0 Å². The quantitative estimate of drug-likeness (QED) is 0.807. The van der Waals surface area contributed by atoms with Crippen LogP contribution in [0.4, 0.5) is 0 Å². The van der Waals surface area contributed by atoms with Crippen LogP contribution in [0, 0.1) is 0 Å². The van der Waals surface area contributed by atoms with Crippen molar-refractivity contribution in [3.8, 4) is 5.75 Å². The van der Waals surface area contributed by atoms with Crippen molar-refractivity contribution in [2.24, 2.45) is 0 Å².